The van der Waals surface area contributed by atoms with Crippen LogP contribution in [0.25, 0.3) is 0 Å². The summed E-state index contributed by atoms with van der Waals surface area (Å²) in [4.78, 5) is 0.990. The lowest BCUT2D eigenvalue weighted by Crippen LogP contribution is -2.41. The first kappa shape index (κ1) is 21.0. The highest BCUT2D eigenvalue weighted by atomic mass is 19.4. The minimum absolute atomic E-state index is 0.218. The van der Waals surface area contributed by atoms with Crippen LogP contribution in [0.5, 0.6) is 0 Å². The molecule has 0 heterocycles. The van der Waals surface area contributed by atoms with Gasteiger partial charge in [0.15, 0.2) is 6.10 Å². The molecule has 1 unspecified atom stereocenters. The molecule has 27 heavy (non-hydrogen) atoms. The lowest BCUT2D eigenvalue weighted by atomic mass is 10.1. The fourth-order valence-electron chi connectivity index (χ4n) is 2.48. The Hall–Kier alpha value is -2.29. The molecule has 2 aromatic rings. The lowest BCUT2D eigenvalue weighted by Gasteiger charge is -2.29. The first-order valence-corrected chi connectivity index (χ1v) is 7.80. The van der Waals surface area contributed by atoms with Crippen LogP contribution in [0.2, 0.25) is 0 Å². The van der Waals surface area contributed by atoms with Gasteiger partial charge in [-0.2, -0.15) is 26.3 Å². The summed E-state index contributed by atoms with van der Waals surface area (Å²) in [6.07, 6.45) is -12.4. The highest BCUT2D eigenvalue weighted by molar-refractivity contribution is 5.49. The van der Waals surface area contributed by atoms with E-state index in [-0.39, 0.29) is 5.69 Å². The molecular formula is C18H16F7NO. The molecule has 0 spiro atoms. The zero-order chi connectivity index (χ0) is 20.4. The Balaban J connectivity index is 2.40. The number of aliphatic hydroxyl groups is 1. The second-order valence-electron chi connectivity index (χ2n) is 6.08. The summed E-state index contributed by atoms with van der Waals surface area (Å²) < 4.78 is 90.8. The van der Waals surface area contributed by atoms with Gasteiger partial charge in [0, 0.05) is 17.8 Å². The standard InChI is InChI=1S/C18H16F7NO/c1-11-3-2-4-14(7-11)26(10-16(27)18(23,24)25)9-12-8-13(17(20,21)22)5-6-15(12)19/h2-8,16,27H,9-10H2,1H3. The number of alkyl halides is 6. The van der Waals surface area contributed by atoms with Crippen LogP contribution in [0, 0.1) is 12.7 Å². The Bertz CT molecular complexity index is 786. The van der Waals surface area contributed by atoms with Gasteiger partial charge < -0.3 is 10.0 Å². The van der Waals surface area contributed by atoms with Crippen LogP contribution >= 0.6 is 0 Å². The van der Waals surface area contributed by atoms with E-state index >= 15 is 0 Å². The molecular weight excluding hydrogens is 379 g/mol. The Morgan fingerprint density at radius 1 is 1.00 bits per heavy atom. The summed E-state index contributed by atoms with van der Waals surface area (Å²) in [6.45, 7) is 0.141. The van der Waals surface area contributed by atoms with Gasteiger partial charge in [-0.1, -0.05) is 12.1 Å². The third-order valence-electron chi connectivity index (χ3n) is 3.87. The first-order chi connectivity index (χ1) is 12.4. The van der Waals surface area contributed by atoms with E-state index in [4.69, 9.17) is 0 Å². The van der Waals surface area contributed by atoms with E-state index in [0.717, 1.165) is 4.90 Å². The Kier molecular flexibility index (Phi) is 6.04. The second kappa shape index (κ2) is 7.75. The quantitative estimate of drug-likeness (QED) is 0.714. The summed E-state index contributed by atoms with van der Waals surface area (Å²) in [6, 6.07) is 7.87. The molecule has 0 saturated carbocycles. The maximum absolute atomic E-state index is 14.0. The highest BCUT2D eigenvalue weighted by Crippen LogP contribution is 2.31. The second-order valence-corrected chi connectivity index (χ2v) is 6.08. The number of nitrogens with zero attached hydrogens (tertiary/aromatic N) is 1. The molecule has 0 aliphatic heterocycles. The van der Waals surface area contributed by atoms with Gasteiger partial charge in [-0.3, -0.25) is 0 Å². The van der Waals surface area contributed by atoms with Crippen molar-refractivity contribution < 1.29 is 35.8 Å². The maximum atomic E-state index is 14.0. The Morgan fingerprint density at radius 3 is 2.22 bits per heavy atom. The number of aryl methyl sites for hydroxylation is 1. The molecule has 148 valence electrons. The van der Waals surface area contributed by atoms with Crippen LogP contribution in [0.4, 0.5) is 36.4 Å². The van der Waals surface area contributed by atoms with E-state index in [2.05, 4.69) is 0 Å². The third kappa shape index (κ3) is 5.59. The van der Waals surface area contributed by atoms with Crippen molar-refractivity contribution in [2.24, 2.45) is 0 Å². The molecule has 0 aliphatic carbocycles. The minimum atomic E-state index is -4.92. The van der Waals surface area contributed by atoms with Gasteiger partial charge in [0.1, 0.15) is 5.82 Å². The van der Waals surface area contributed by atoms with Gasteiger partial charge in [0.2, 0.25) is 0 Å². The number of anilines is 1. The van der Waals surface area contributed by atoms with Crippen molar-refractivity contribution in [3.8, 4) is 0 Å². The molecule has 1 N–H and O–H groups in total. The van der Waals surface area contributed by atoms with Crippen molar-refractivity contribution in [1.82, 2.24) is 0 Å². The fraction of sp³-hybridized carbons (Fsp3) is 0.333. The molecule has 0 amide bonds. The molecule has 0 aromatic heterocycles. The van der Waals surface area contributed by atoms with E-state index in [1.54, 1.807) is 19.1 Å². The van der Waals surface area contributed by atoms with E-state index < -0.39 is 48.5 Å². The van der Waals surface area contributed by atoms with Crippen LogP contribution in [0.1, 0.15) is 16.7 Å². The molecule has 0 bridgehead atoms. The van der Waals surface area contributed by atoms with Crippen molar-refractivity contribution in [3.63, 3.8) is 0 Å². The monoisotopic (exact) mass is 395 g/mol. The number of benzene rings is 2. The predicted octanol–water partition coefficient (Wildman–Crippen LogP) is 5.08. The average molecular weight is 395 g/mol. The summed E-state index contributed by atoms with van der Waals surface area (Å²) in [5, 5.41) is 9.38. The summed E-state index contributed by atoms with van der Waals surface area (Å²) in [5.41, 5.74) is -0.640. The van der Waals surface area contributed by atoms with Crippen LogP contribution in [0.3, 0.4) is 0 Å². The van der Waals surface area contributed by atoms with Crippen LogP contribution < -0.4 is 4.90 Å². The normalized spacial score (nSPS) is 13.5. The molecule has 2 aromatic carbocycles. The van der Waals surface area contributed by atoms with Gasteiger partial charge in [0.05, 0.1) is 12.1 Å². The summed E-state index contributed by atoms with van der Waals surface area (Å²) in [5.74, 6) is -0.984. The lowest BCUT2D eigenvalue weighted by molar-refractivity contribution is -0.200. The van der Waals surface area contributed by atoms with Crippen LogP contribution in [0.15, 0.2) is 42.5 Å². The van der Waals surface area contributed by atoms with Crippen LogP contribution in [-0.4, -0.2) is 23.9 Å². The largest absolute Gasteiger partial charge is 0.416 e. The molecule has 2 rings (SSSR count). The predicted molar refractivity (Wildman–Crippen MR) is 85.7 cm³/mol. The van der Waals surface area contributed by atoms with Gasteiger partial charge in [-0.05, 0) is 42.8 Å². The molecule has 0 fully saturated rings. The first-order valence-electron chi connectivity index (χ1n) is 7.80. The SMILES string of the molecule is Cc1cccc(N(Cc2cc(C(F)(F)F)ccc2F)CC(O)C(F)(F)F)c1. The van der Waals surface area contributed by atoms with E-state index in [1.165, 1.54) is 12.1 Å². The molecule has 0 saturated heterocycles. The fourth-order valence-corrected chi connectivity index (χ4v) is 2.48. The van der Waals surface area contributed by atoms with E-state index in [1.807, 2.05) is 0 Å². The Labute approximate surface area is 150 Å². The van der Waals surface area contributed by atoms with Gasteiger partial charge in [0.25, 0.3) is 0 Å². The van der Waals surface area contributed by atoms with E-state index in [0.29, 0.717) is 23.8 Å². The Morgan fingerprint density at radius 2 is 1.67 bits per heavy atom. The average Bonchev–Trinajstić information content (AvgIpc) is 2.54. The molecule has 0 aliphatic rings. The minimum Gasteiger partial charge on any atom is -0.382 e. The van der Waals surface area contributed by atoms with Crippen molar-refractivity contribution >= 4 is 5.69 Å². The number of hydrogen-bond acceptors (Lipinski definition) is 2. The van der Waals surface area contributed by atoms with Crippen molar-refractivity contribution in [2.45, 2.75) is 31.9 Å². The van der Waals surface area contributed by atoms with Gasteiger partial charge in [-0.25, -0.2) is 4.39 Å². The van der Waals surface area contributed by atoms with Gasteiger partial charge in [-0.15, -0.1) is 0 Å². The zero-order valence-corrected chi connectivity index (χ0v) is 14.1. The van der Waals surface area contributed by atoms with Crippen molar-refractivity contribution in [3.05, 3.63) is 65.0 Å². The van der Waals surface area contributed by atoms with Crippen LogP contribution in [-0.2, 0) is 12.7 Å². The molecule has 0 radical (unpaired) electrons. The topological polar surface area (TPSA) is 23.5 Å². The molecule has 2 nitrogen and oxygen atoms in total. The van der Waals surface area contributed by atoms with Crippen molar-refractivity contribution in [1.29, 1.82) is 0 Å². The molecule has 1 atom stereocenters. The highest BCUT2D eigenvalue weighted by Gasteiger charge is 2.39. The molecule has 9 heteroatoms. The summed E-state index contributed by atoms with van der Waals surface area (Å²) in [7, 11) is 0. The van der Waals surface area contributed by atoms with Gasteiger partial charge >= 0.3 is 12.4 Å². The smallest absolute Gasteiger partial charge is 0.382 e. The van der Waals surface area contributed by atoms with Crippen molar-refractivity contribution in [2.75, 3.05) is 11.4 Å². The number of halogens is 7. The number of rotatable bonds is 5. The number of hydrogen-bond donors (Lipinski definition) is 1. The maximum Gasteiger partial charge on any atom is 0.416 e. The zero-order valence-electron chi connectivity index (χ0n) is 14.1. The third-order valence-corrected chi connectivity index (χ3v) is 3.87. The van der Waals surface area contributed by atoms with E-state index in [9.17, 15) is 35.8 Å². The number of aliphatic hydroxyl groups excluding tert-OH is 1. The summed E-state index contributed by atoms with van der Waals surface area (Å²) >= 11 is 0.